The summed E-state index contributed by atoms with van der Waals surface area (Å²) in [7, 11) is 1.61. The van der Waals surface area contributed by atoms with E-state index in [2.05, 4.69) is 10.1 Å². The Bertz CT molecular complexity index is 586. The largest absolute Gasteiger partial charge is 0.398 e. The number of hydrogen-bond donors (Lipinski definition) is 1. The van der Waals surface area contributed by atoms with Crippen molar-refractivity contribution in [1.29, 1.82) is 0 Å². The van der Waals surface area contributed by atoms with Crippen LogP contribution in [0.5, 0.6) is 0 Å². The Morgan fingerprint density at radius 2 is 2.05 bits per heavy atom. The molecule has 20 heavy (non-hydrogen) atoms. The molecule has 0 aliphatic heterocycles. The molecule has 0 saturated carbocycles. The zero-order valence-corrected chi connectivity index (χ0v) is 11.8. The predicted molar refractivity (Wildman–Crippen MR) is 73.4 cm³/mol. The maximum absolute atomic E-state index is 13.3. The van der Waals surface area contributed by atoms with Crippen LogP contribution in [0.3, 0.4) is 0 Å². The van der Waals surface area contributed by atoms with E-state index in [0.29, 0.717) is 29.9 Å². The fourth-order valence-electron chi connectivity index (χ4n) is 2.18. The van der Waals surface area contributed by atoms with Crippen molar-refractivity contribution in [2.75, 3.05) is 12.8 Å². The third kappa shape index (κ3) is 2.38. The lowest BCUT2D eigenvalue weighted by Gasteiger charge is -2.25. The van der Waals surface area contributed by atoms with Crippen LogP contribution in [0, 0.1) is 5.82 Å². The second kappa shape index (κ2) is 5.58. The van der Waals surface area contributed by atoms with Crippen LogP contribution in [-0.4, -0.2) is 17.3 Å². The molecule has 0 saturated heterocycles. The average molecular weight is 279 g/mol. The third-order valence-corrected chi connectivity index (χ3v) is 3.61. The summed E-state index contributed by atoms with van der Waals surface area (Å²) < 4.78 is 24.0. The van der Waals surface area contributed by atoms with E-state index >= 15 is 0 Å². The first-order valence-electron chi connectivity index (χ1n) is 6.51. The van der Waals surface area contributed by atoms with Crippen LogP contribution >= 0.6 is 0 Å². The molecule has 1 heterocycles. The summed E-state index contributed by atoms with van der Waals surface area (Å²) in [4.78, 5) is 4.32. The monoisotopic (exact) mass is 279 g/mol. The molecule has 0 radical (unpaired) electrons. The van der Waals surface area contributed by atoms with Crippen molar-refractivity contribution in [3.63, 3.8) is 0 Å². The molecule has 6 heteroatoms. The number of halogens is 1. The Morgan fingerprint density at radius 1 is 1.35 bits per heavy atom. The van der Waals surface area contributed by atoms with Crippen molar-refractivity contribution < 1.29 is 13.7 Å². The fraction of sp³-hybridized carbons (Fsp3) is 0.429. The van der Waals surface area contributed by atoms with E-state index < -0.39 is 11.4 Å². The van der Waals surface area contributed by atoms with Gasteiger partial charge in [0.25, 0.3) is 5.89 Å². The molecule has 5 nitrogen and oxygen atoms in total. The topological polar surface area (TPSA) is 74.2 Å². The number of nitrogens with two attached hydrogens (primary N) is 1. The molecule has 0 aliphatic rings. The molecule has 0 aliphatic carbocycles. The summed E-state index contributed by atoms with van der Waals surface area (Å²) in [6.45, 7) is 3.97. The van der Waals surface area contributed by atoms with Crippen LogP contribution in [-0.2, 0) is 10.3 Å². The maximum Gasteiger partial charge on any atom is 0.260 e. The van der Waals surface area contributed by atoms with Crippen LogP contribution in [0.15, 0.2) is 22.7 Å². The first-order valence-corrected chi connectivity index (χ1v) is 6.51. The highest BCUT2D eigenvalue weighted by molar-refractivity contribution is 5.70. The number of hydrogen-bond acceptors (Lipinski definition) is 5. The summed E-state index contributed by atoms with van der Waals surface area (Å²) in [6.07, 6.45) is 1.41. The van der Waals surface area contributed by atoms with Gasteiger partial charge in [-0.05, 0) is 31.0 Å². The molecule has 0 atom stereocenters. The van der Waals surface area contributed by atoms with Crippen molar-refractivity contribution in [3.05, 3.63) is 29.8 Å². The van der Waals surface area contributed by atoms with Crippen molar-refractivity contribution in [2.24, 2.45) is 0 Å². The smallest absolute Gasteiger partial charge is 0.260 e. The van der Waals surface area contributed by atoms with E-state index in [1.807, 2.05) is 13.8 Å². The Hall–Kier alpha value is -1.95. The highest BCUT2D eigenvalue weighted by atomic mass is 19.1. The van der Waals surface area contributed by atoms with E-state index in [1.54, 1.807) is 7.11 Å². The lowest BCUT2D eigenvalue weighted by atomic mass is 9.96. The quantitative estimate of drug-likeness (QED) is 0.851. The molecule has 0 amide bonds. The third-order valence-electron chi connectivity index (χ3n) is 3.61. The van der Waals surface area contributed by atoms with Crippen LogP contribution in [0.4, 0.5) is 10.1 Å². The number of aromatic nitrogens is 2. The van der Waals surface area contributed by atoms with E-state index in [-0.39, 0.29) is 5.89 Å². The summed E-state index contributed by atoms with van der Waals surface area (Å²) in [5, 5.41) is 3.96. The molecule has 108 valence electrons. The molecule has 1 aromatic carbocycles. The minimum absolute atomic E-state index is 0.195. The lowest BCUT2D eigenvalue weighted by molar-refractivity contribution is -0.0306. The second-order valence-electron chi connectivity index (χ2n) is 4.56. The van der Waals surface area contributed by atoms with Gasteiger partial charge >= 0.3 is 0 Å². The predicted octanol–water partition coefficient (Wildman–Crippen LogP) is 3.12. The minimum atomic E-state index is -0.593. The summed E-state index contributed by atoms with van der Waals surface area (Å²) in [5.41, 5.74) is 5.99. The van der Waals surface area contributed by atoms with Gasteiger partial charge in [-0.1, -0.05) is 19.0 Å². The molecule has 0 spiro atoms. The number of nitrogens with zero attached hydrogens (tertiary/aromatic N) is 2. The number of nitrogen functional groups attached to an aromatic ring is 1. The maximum atomic E-state index is 13.3. The van der Waals surface area contributed by atoms with E-state index in [4.69, 9.17) is 15.0 Å². The fourth-order valence-corrected chi connectivity index (χ4v) is 2.18. The SMILES string of the molecule is CCC(CC)(OC)c1noc(-c2cc(F)ccc2N)n1. The van der Waals surface area contributed by atoms with Crippen LogP contribution in [0.2, 0.25) is 0 Å². The summed E-state index contributed by atoms with van der Waals surface area (Å²) in [6, 6.07) is 4.03. The first-order chi connectivity index (χ1) is 9.56. The molecule has 0 unspecified atom stereocenters. The number of anilines is 1. The Balaban J connectivity index is 2.45. The minimum Gasteiger partial charge on any atom is -0.398 e. The van der Waals surface area contributed by atoms with Gasteiger partial charge < -0.3 is 15.0 Å². The number of benzene rings is 1. The molecular weight excluding hydrogens is 261 g/mol. The van der Waals surface area contributed by atoms with Crippen molar-refractivity contribution in [2.45, 2.75) is 32.3 Å². The summed E-state index contributed by atoms with van der Waals surface area (Å²) >= 11 is 0. The van der Waals surface area contributed by atoms with Gasteiger partial charge in [0.15, 0.2) is 0 Å². The zero-order valence-electron chi connectivity index (χ0n) is 11.8. The molecule has 0 bridgehead atoms. The van der Waals surface area contributed by atoms with Gasteiger partial charge in [0.1, 0.15) is 11.4 Å². The van der Waals surface area contributed by atoms with Gasteiger partial charge in [-0.3, -0.25) is 0 Å². The standard InChI is InChI=1S/C14H18FN3O2/c1-4-14(5-2,19-3)13-17-12(20-18-13)10-8-9(15)6-7-11(10)16/h6-8H,4-5,16H2,1-3H3. The van der Waals surface area contributed by atoms with Gasteiger partial charge in [-0.25, -0.2) is 4.39 Å². The van der Waals surface area contributed by atoms with Crippen LogP contribution in [0.25, 0.3) is 11.5 Å². The van der Waals surface area contributed by atoms with E-state index in [1.165, 1.54) is 18.2 Å². The zero-order chi connectivity index (χ0) is 14.8. The average Bonchev–Trinajstić information content (AvgIpc) is 2.94. The lowest BCUT2D eigenvalue weighted by Crippen LogP contribution is -2.28. The van der Waals surface area contributed by atoms with Gasteiger partial charge in [0.2, 0.25) is 5.82 Å². The normalized spacial score (nSPS) is 11.8. The first kappa shape index (κ1) is 14.5. The van der Waals surface area contributed by atoms with E-state index in [9.17, 15) is 4.39 Å². The van der Waals surface area contributed by atoms with Crippen molar-refractivity contribution in [3.8, 4) is 11.5 Å². The highest BCUT2D eigenvalue weighted by Crippen LogP contribution is 2.33. The Labute approximate surface area is 116 Å². The van der Waals surface area contributed by atoms with Crippen LogP contribution < -0.4 is 5.73 Å². The molecule has 1 aromatic heterocycles. The molecular formula is C14H18FN3O2. The van der Waals surface area contributed by atoms with Crippen molar-refractivity contribution in [1.82, 2.24) is 10.1 Å². The van der Waals surface area contributed by atoms with Gasteiger partial charge in [-0.2, -0.15) is 4.98 Å². The number of methoxy groups -OCH3 is 1. The molecule has 0 fully saturated rings. The Morgan fingerprint density at radius 3 is 2.65 bits per heavy atom. The number of ether oxygens (including phenoxy) is 1. The molecule has 2 aromatic rings. The van der Waals surface area contributed by atoms with E-state index in [0.717, 1.165) is 0 Å². The van der Waals surface area contributed by atoms with Crippen molar-refractivity contribution >= 4 is 5.69 Å². The highest BCUT2D eigenvalue weighted by Gasteiger charge is 2.34. The molecule has 2 N–H and O–H groups in total. The van der Waals surface area contributed by atoms with Crippen LogP contribution in [0.1, 0.15) is 32.5 Å². The second-order valence-corrected chi connectivity index (χ2v) is 4.56. The summed E-state index contributed by atoms with van der Waals surface area (Å²) in [5.74, 6) is 0.238. The van der Waals surface area contributed by atoms with Gasteiger partial charge in [-0.15, -0.1) is 0 Å². The van der Waals surface area contributed by atoms with Gasteiger partial charge in [0, 0.05) is 12.8 Å². The van der Waals surface area contributed by atoms with Gasteiger partial charge in [0.05, 0.1) is 5.56 Å². The Kier molecular flexibility index (Phi) is 4.04. The number of rotatable bonds is 5. The molecule has 2 rings (SSSR count).